The highest BCUT2D eigenvalue weighted by atomic mass is 16.5. The maximum Gasteiger partial charge on any atom is 0.127 e. The molecule has 0 fully saturated rings. The Morgan fingerprint density at radius 1 is 1.26 bits per heavy atom. The van der Waals surface area contributed by atoms with E-state index in [1.54, 1.807) is 14.2 Å². The van der Waals surface area contributed by atoms with Gasteiger partial charge in [-0.3, -0.25) is 0 Å². The molecule has 0 aliphatic carbocycles. The molecule has 1 unspecified atom stereocenters. The summed E-state index contributed by atoms with van der Waals surface area (Å²) in [6.07, 6.45) is 1.25. The van der Waals surface area contributed by atoms with Gasteiger partial charge >= 0.3 is 0 Å². The molecule has 1 atom stereocenters. The molecule has 0 saturated carbocycles. The Balaban J connectivity index is 3.31. The van der Waals surface area contributed by atoms with Crippen LogP contribution < -0.4 is 14.8 Å². The summed E-state index contributed by atoms with van der Waals surface area (Å²) in [5.74, 6) is 1.72. The monoisotopic (exact) mass is 262 g/mol. The molecule has 19 heavy (non-hydrogen) atoms. The van der Waals surface area contributed by atoms with Gasteiger partial charge in [0.2, 0.25) is 0 Å². The lowest BCUT2D eigenvalue weighted by atomic mass is 9.95. The Morgan fingerprint density at radius 2 is 1.95 bits per heavy atom. The number of methoxy groups -OCH3 is 2. The zero-order valence-corrected chi connectivity index (χ0v) is 12.3. The van der Waals surface area contributed by atoms with Gasteiger partial charge in [0, 0.05) is 18.0 Å². The van der Waals surface area contributed by atoms with Crippen LogP contribution in [0.4, 0.5) is 0 Å². The van der Waals surface area contributed by atoms with Gasteiger partial charge in [0.1, 0.15) is 11.5 Å². The highest BCUT2D eigenvalue weighted by Crippen LogP contribution is 2.37. The van der Waals surface area contributed by atoms with Crippen molar-refractivity contribution in [2.75, 3.05) is 21.3 Å². The van der Waals surface area contributed by atoms with E-state index < -0.39 is 0 Å². The van der Waals surface area contributed by atoms with Crippen molar-refractivity contribution < 1.29 is 9.47 Å². The molecule has 0 aliphatic heterocycles. The maximum atomic E-state index is 8.75. The van der Waals surface area contributed by atoms with Gasteiger partial charge in [-0.2, -0.15) is 5.26 Å². The van der Waals surface area contributed by atoms with Crippen LogP contribution in [0.1, 0.15) is 35.6 Å². The third-order valence-electron chi connectivity index (χ3n) is 3.51. The van der Waals surface area contributed by atoms with Crippen molar-refractivity contribution in [3.63, 3.8) is 0 Å². The summed E-state index contributed by atoms with van der Waals surface area (Å²) in [5, 5.41) is 12.0. The standard InChI is InChI=1S/C15H22N2O2/c1-10-11(2)15(19-5)12(9-14(10)18-4)13(17-3)7-6-8-16/h9,13,17H,6-7H2,1-5H3. The van der Waals surface area contributed by atoms with E-state index in [0.29, 0.717) is 6.42 Å². The molecular formula is C15H22N2O2. The molecule has 1 aromatic carbocycles. The fourth-order valence-electron chi connectivity index (χ4n) is 2.29. The summed E-state index contributed by atoms with van der Waals surface area (Å²) in [4.78, 5) is 0. The first-order valence-electron chi connectivity index (χ1n) is 6.36. The van der Waals surface area contributed by atoms with E-state index in [2.05, 4.69) is 11.4 Å². The molecule has 4 nitrogen and oxygen atoms in total. The smallest absolute Gasteiger partial charge is 0.127 e. The van der Waals surface area contributed by atoms with Gasteiger partial charge in [0.25, 0.3) is 0 Å². The molecule has 0 heterocycles. The molecule has 0 bridgehead atoms. The van der Waals surface area contributed by atoms with Gasteiger partial charge in [0.15, 0.2) is 0 Å². The summed E-state index contributed by atoms with van der Waals surface area (Å²) in [7, 11) is 5.24. The molecule has 4 heteroatoms. The molecule has 0 saturated heterocycles. The van der Waals surface area contributed by atoms with Crippen LogP contribution in [0.15, 0.2) is 6.07 Å². The lowest BCUT2D eigenvalue weighted by Gasteiger charge is -2.22. The largest absolute Gasteiger partial charge is 0.496 e. The van der Waals surface area contributed by atoms with Crippen LogP contribution in [0.25, 0.3) is 0 Å². The number of hydrogen-bond donors (Lipinski definition) is 1. The zero-order chi connectivity index (χ0) is 14.4. The summed E-state index contributed by atoms with van der Waals surface area (Å²) in [5.41, 5.74) is 3.20. The maximum absolute atomic E-state index is 8.75. The Hall–Kier alpha value is -1.73. The van der Waals surface area contributed by atoms with Crippen molar-refractivity contribution >= 4 is 0 Å². The van der Waals surface area contributed by atoms with Gasteiger partial charge in [-0.05, 0) is 44.5 Å². The Kier molecular flexibility index (Phi) is 5.65. The van der Waals surface area contributed by atoms with E-state index in [1.165, 1.54) is 0 Å². The van der Waals surface area contributed by atoms with Crippen LogP contribution in [-0.4, -0.2) is 21.3 Å². The minimum absolute atomic E-state index is 0.0859. The van der Waals surface area contributed by atoms with E-state index in [1.807, 2.05) is 27.0 Å². The van der Waals surface area contributed by atoms with Crippen LogP contribution >= 0.6 is 0 Å². The van der Waals surface area contributed by atoms with Crippen molar-refractivity contribution in [1.29, 1.82) is 5.26 Å². The van der Waals surface area contributed by atoms with Crippen LogP contribution in [0.5, 0.6) is 11.5 Å². The summed E-state index contributed by atoms with van der Waals surface area (Å²) in [6, 6.07) is 4.27. The Bertz CT molecular complexity index is 478. The van der Waals surface area contributed by atoms with E-state index in [4.69, 9.17) is 14.7 Å². The zero-order valence-electron chi connectivity index (χ0n) is 12.3. The van der Waals surface area contributed by atoms with Gasteiger partial charge < -0.3 is 14.8 Å². The second-order valence-corrected chi connectivity index (χ2v) is 4.49. The number of nitrogens with one attached hydrogen (secondary N) is 1. The SMILES string of the molecule is CNC(CCC#N)c1cc(OC)c(C)c(C)c1OC. The second-order valence-electron chi connectivity index (χ2n) is 4.49. The molecule has 104 valence electrons. The minimum atomic E-state index is 0.0859. The van der Waals surface area contributed by atoms with E-state index in [-0.39, 0.29) is 6.04 Å². The fraction of sp³-hybridized carbons (Fsp3) is 0.533. The molecule has 1 aromatic rings. The normalized spacial score (nSPS) is 11.8. The van der Waals surface area contributed by atoms with Crippen LogP contribution in [0.2, 0.25) is 0 Å². The Labute approximate surface area is 115 Å². The first-order valence-corrected chi connectivity index (χ1v) is 6.36. The second kappa shape index (κ2) is 7.01. The van der Waals surface area contributed by atoms with Crippen molar-refractivity contribution in [3.05, 3.63) is 22.8 Å². The lowest BCUT2D eigenvalue weighted by molar-refractivity contribution is 0.384. The highest BCUT2D eigenvalue weighted by Gasteiger charge is 2.19. The van der Waals surface area contributed by atoms with Gasteiger partial charge in [-0.15, -0.1) is 0 Å². The van der Waals surface area contributed by atoms with Crippen molar-refractivity contribution in [2.24, 2.45) is 0 Å². The molecule has 1 rings (SSSR count). The highest BCUT2D eigenvalue weighted by molar-refractivity contribution is 5.53. The van der Waals surface area contributed by atoms with Gasteiger partial charge in [0.05, 0.1) is 20.3 Å². The van der Waals surface area contributed by atoms with E-state index in [9.17, 15) is 0 Å². The molecule has 0 spiro atoms. The third kappa shape index (κ3) is 3.18. The van der Waals surface area contributed by atoms with Crippen LogP contribution in [-0.2, 0) is 0 Å². The summed E-state index contributed by atoms with van der Waals surface area (Å²) >= 11 is 0. The molecule has 0 aliphatic rings. The number of hydrogen-bond acceptors (Lipinski definition) is 4. The quantitative estimate of drug-likeness (QED) is 0.856. The van der Waals surface area contributed by atoms with Gasteiger partial charge in [-0.1, -0.05) is 0 Å². The average Bonchev–Trinajstić information content (AvgIpc) is 2.43. The molecule has 1 N–H and O–H groups in total. The number of rotatable bonds is 6. The number of benzene rings is 1. The third-order valence-corrected chi connectivity index (χ3v) is 3.51. The number of nitrogens with zero attached hydrogens (tertiary/aromatic N) is 1. The molecule has 0 amide bonds. The molecule has 0 radical (unpaired) electrons. The Morgan fingerprint density at radius 3 is 2.42 bits per heavy atom. The first kappa shape index (κ1) is 15.3. The van der Waals surface area contributed by atoms with Crippen LogP contribution in [0, 0.1) is 25.2 Å². The topological polar surface area (TPSA) is 54.3 Å². The van der Waals surface area contributed by atoms with Crippen molar-refractivity contribution in [3.8, 4) is 17.6 Å². The van der Waals surface area contributed by atoms with Gasteiger partial charge in [-0.25, -0.2) is 0 Å². The minimum Gasteiger partial charge on any atom is -0.496 e. The van der Waals surface area contributed by atoms with Crippen molar-refractivity contribution in [1.82, 2.24) is 5.32 Å². The van der Waals surface area contributed by atoms with Crippen molar-refractivity contribution in [2.45, 2.75) is 32.7 Å². The van der Waals surface area contributed by atoms with Crippen LogP contribution in [0.3, 0.4) is 0 Å². The number of ether oxygens (including phenoxy) is 2. The molecular weight excluding hydrogens is 240 g/mol. The predicted octanol–water partition coefficient (Wildman–Crippen LogP) is 2.88. The van der Waals surface area contributed by atoms with E-state index in [0.717, 1.165) is 34.6 Å². The summed E-state index contributed by atoms with van der Waals surface area (Å²) in [6.45, 7) is 4.04. The van der Waals surface area contributed by atoms with E-state index >= 15 is 0 Å². The lowest BCUT2D eigenvalue weighted by Crippen LogP contribution is -2.18. The predicted molar refractivity (Wildman–Crippen MR) is 75.7 cm³/mol. The first-order chi connectivity index (χ1) is 9.10. The average molecular weight is 262 g/mol. The summed E-state index contributed by atoms with van der Waals surface area (Å²) < 4.78 is 11.0. The fourth-order valence-corrected chi connectivity index (χ4v) is 2.29. The number of nitriles is 1. The molecule has 0 aromatic heterocycles.